The Hall–Kier alpha value is -1.32. The third-order valence-electron chi connectivity index (χ3n) is 2.38. The summed E-state index contributed by atoms with van der Waals surface area (Å²) in [4.78, 5) is 22.0. The smallest absolute Gasteiger partial charge is 0.309 e. The first-order valence-corrected chi connectivity index (χ1v) is 5.09. The molecule has 15 heavy (non-hydrogen) atoms. The van der Waals surface area contributed by atoms with Crippen LogP contribution in [0.5, 0.6) is 0 Å². The fourth-order valence-electron chi connectivity index (χ4n) is 1.67. The lowest BCUT2D eigenvalue weighted by Gasteiger charge is -2.18. The lowest BCUT2D eigenvalue weighted by Crippen LogP contribution is -2.11. The molecule has 0 aromatic heterocycles. The van der Waals surface area contributed by atoms with Crippen LogP contribution < -0.4 is 0 Å². The third kappa shape index (κ3) is 3.73. The Morgan fingerprint density at radius 3 is 2.53 bits per heavy atom. The number of carbonyl (C=O) groups excluding carboxylic acids is 2. The number of methoxy groups -OCH3 is 1. The van der Waals surface area contributed by atoms with Gasteiger partial charge in [-0.25, -0.2) is 0 Å². The number of ether oxygens (including phenoxy) is 2. The average Bonchev–Trinajstić information content (AvgIpc) is 2.20. The first-order chi connectivity index (χ1) is 7.13. The molecule has 0 aliphatic heterocycles. The Labute approximate surface area is 89.2 Å². The van der Waals surface area contributed by atoms with E-state index in [-0.39, 0.29) is 18.4 Å². The van der Waals surface area contributed by atoms with E-state index in [2.05, 4.69) is 4.74 Å². The van der Waals surface area contributed by atoms with Crippen molar-refractivity contribution in [3.05, 3.63) is 11.3 Å². The molecule has 0 atom stereocenters. The van der Waals surface area contributed by atoms with E-state index >= 15 is 0 Å². The highest BCUT2D eigenvalue weighted by Crippen LogP contribution is 2.28. The summed E-state index contributed by atoms with van der Waals surface area (Å²) in [5.41, 5.74) is 0.906. The molecular weight excluding hydrogens is 196 g/mol. The maximum atomic E-state index is 11.1. The zero-order valence-electron chi connectivity index (χ0n) is 9.17. The number of hydrogen-bond donors (Lipinski definition) is 0. The molecule has 0 spiro atoms. The van der Waals surface area contributed by atoms with Gasteiger partial charge in [0.2, 0.25) is 0 Å². The van der Waals surface area contributed by atoms with Gasteiger partial charge in [-0.15, -0.1) is 0 Å². The summed E-state index contributed by atoms with van der Waals surface area (Å²) in [6.45, 7) is 1.37. The van der Waals surface area contributed by atoms with Crippen LogP contribution in [0.4, 0.5) is 0 Å². The summed E-state index contributed by atoms with van der Waals surface area (Å²) in [6, 6.07) is 0. The molecule has 0 amide bonds. The number of rotatable bonds is 3. The van der Waals surface area contributed by atoms with Crippen molar-refractivity contribution < 1.29 is 19.1 Å². The molecule has 4 heteroatoms. The molecular formula is C11H16O4. The number of allylic oxidation sites excluding steroid dienone is 1. The molecule has 0 heterocycles. The molecule has 0 aromatic rings. The standard InChI is InChI=1S/C11H16O4/c1-8(12)15-10-6-4-3-5-9(10)7-11(13)14-2/h3-7H2,1-2H3. The molecule has 0 unspecified atom stereocenters. The Kier molecular flexibility index (Phi) is 4.34. The van der Waals surface area contributed by atoms with Crippen LogP contribution in [0, 0.1) is 0 Å². The van der Waals surface area contributed by atoms with E-state index in [1.54, 1.807) is 0 Å². The molecule has 0 N–H and O–H groups in total. The lowest BCUT2D eigenvalue weighted by molar-refractivity contribution is -0.141. The predicted molar refractivity (Wildman–Crippen MR) is 53.9 cm³/mol. The summed E-state index contributed by atoms with van der Waals surface area (Å²) in [7, 11) is 1.36. The van der Waals surface area contributed by atoms with Crippen LogP contribution >= 0.6 is 0 Å². The van der Waals surface area contributed by atoms with Gasteiger partial charge in [0.15, 0.2) is 0 Å². The fraction of sp³-hybridized carbons (Fsp3) is 0.636. The highest BCUT2D eigenvalue weighted by Gasteiger charge is 2.18. The second-order valence-corrected chi connectivity index (χ2v) is 3.58. The van der Waals surface area contributed by atoms with Crippen LogP contribution in [0.25, 0.3) is 0 Å². The molecule has 0 radical (unpaired) electrons. The van der Waals surface area contributed by atoms with E-state index < -0.39 is 0 Å². The molecule has 0 saturated carbocycles. The Balaban J connectivity index is 2.71. The van der Waals surface area contributed by atoms with E-state index in [0.717, 1.165) is 31.3 Å². The fourth-order valence-corrected chi connectivity index (χ4v) is 1.67. The van der Waals surface area contributed by atoms with Gasteiger partial charge in [0.05, 0.1) is 13.5 Å². The maximum Gasteiger partial charge on any atom is 0.309 e. The predicted octanol–water partition coefficient (Wildman–Crippen LogP) is 1.94. The van der Waals surface area contributed by atoms with Crippen LogP contribution in [0.1, 0.15) is 39.0 Å². The molecule has 1 aliphatic rings. The molecule has 1 aliphatic carbocycles. The Morgan fingerprint density at radius 1 is 1.27 bits per heavy atom. The second-order valence-electron chi connectivity index (χ2n) is 3.58. The zero-order chi connectivity index (χ0) is 11.3. The molecule has 84 valence electrons. The van der Waals surface area contributed by atoms with Gasteiger partial charge in [-0.3, -0.25) is 9.59 Å². The number of esters is 2. The normalized spacial score (nSPS) is 16.1. The van der Waals surface area contributed by atoms with Gasteiger partial charge in [-0.2, -0.15) is 0 Å². The van der Waals surface area contributed by atoms with Gasteiger partial charge < -0.3 is 9.47 Å². The first-order valence-electron chi connectivity index (χ1n) is 5.09. The minimum atomic E-state index is -0.325. The van der Waals surface area contributed by atoms with E-state index in [9.17, 15) is 9.59 Å². The minimum Gasteiger partial charge on any atom is -0.469 e. The third-order valence-corrected chi connectivity index (χ3v) is 2.38. The van der Waals surface area contributed by atoms with E-state index in [4.69, 9.17) is 4.74 Å². The van der Waals surface area contributed by atoms with Crippen molar-refractivity contribution in [2.24, 2.45) is 0 Å². The van der Waals surface area contributed by atoms with E-state index in [1.165, 1.54) is 14.0 Å². The largest absolute Gasteiger partial charge is 0.469 e. The van der Waals surface area contributed by atoms with Gasteiger partial charge in [0.25, 0.3) is 0 Å². The number of carbonyl (C=O) groups is 2. The van der Waals surface area contributed by atoms with Gasteiger partial charge >= 0.3 is 11.9 Å². The van der Waals surface area contributed by atoms with Gasteiger partial charge in [-0.05, 0) is 24.8 Å². The van der Waals surface area contributed by atoms with Crippen LogP contribution in [0.15, 0.2) is 11.3 Å². The van der Waals surface area contributed by atoms with Crippen LogP contribution in [0.2, 0.25) is 0 Å². The highest BCUT2D eigenvalue weighted by molar-refractivity contribution is 5.73. The SMILES string of the molecule is COC(=O)CC1=C(OC(C)=O)CCCC1. The summed E-state index contributed by atoms with van der Waals surface area (Å²) in [5.74, 6) is 0.0602. The van der Waals surface area contributed by atoms with Crippen LogP contribution in [-0.4, -0.2) is 19.0 Å². The van der Waals surface area contributed by atoms with Crippen LogP contribution in [0.3, 0.4) is 0 Å². The van der Waals surface area contributed by atoms with Gasteiger partial charge in [0.1, 0.15) is 5.76 Å². The quantitative estimate of drug-likeness (QED) is 0.671. The number of hydrogen-bond acceptors (Lipinski definition) is 4. The summed E-state index contributed by atoms with van der Waals surface area (Å²) in [5, 5.41) is 0. The lowest BCUT2D eigenvalue weighted by atomic mass is 9.95. The van der Waals surface area contributed by atoms with Crippen molar-refractivity contribution in [1.29, 1.82) is 0 Å². The Morgan fingerprint density at radius 2 is 1.93 bits per heavy atom. The molecule has 0 saturated heterocycles. The Bertz CT molecular complexity index is 291. The minimum absolute atomic E-state index is 0.235. The van der Waals surface area contributed by atoms with Gasteiger partial charge in [0, 0.05) is 13.3 Å². The van der Waals surface area contributed by atoms with E-state index in [0.29, 0.717) is 5.76 Å². The maximum absolute atomic E-state index is 11.1. The van der Waals surface area contributed by atoms with Gasteiger partial charge in [-0.1, -0.05) is 0 Å². The average molecular weight is 212 g/mol. The first kappa shape index (κ1) is 11.8. The van der Waals surface area contributed by atoms with Crippen LogP contribution in [-0.2, 0) is 19.1 Å². The molecule has 1 rings (SSSR count). The monoisotopic (exact) mass is 212 g/mol. The summed E-state index contributed by atoms with van der Waals surface area (Å²) in [6.07, 6.45) is 3.84. The molecule has 0 aromatic carbocycles. The molecule has 0 fully saturated rings. The van der Waals surface area contributed by atoms with Crippen molar-refractivity contribution in [2.45, 2.75) is 39.0 Å². The zero-order valence-corrected chi connectivity index (χ0v) is 9.17. The highest BCUT2D eigenvalue weighted by atomic mass is 16.5. The van der Waals surface area contributed by atoms with E-state index in [1.807, 2.05) is 0 Å². The van der Waals surface area contributed by atoms with Crippen molar-refractivity contribution in [1.82, 2.24) is 0 Å². The van der Waals surface area contributed by atoms with Crippen molar-refractivity contribution >= 4 is 11.9 Å². The summed E-state index contributed by atoms with van der Waals surface area (Å²) < 4.78 is 9.67. The molecule has 4 nitrogen and oxygen atoms in total. The summed E-state index contributed by atoms with van der Waals surface area (Å²) >= 11 is 0. The van der Waals surface area contributed by atoms with Crippen molar-refractivity contribution in [2.75, 3.05) is 7.11 Å². The van der Waals surface area contributed by atoms with Crippen molar-refractivity contribution in [3.63, 3.8) is 0 Å². The second kappa shape index (κ2) is 5.53. The topological polar surface area (TPSA) is 52.6 Å². The molecule has 0 bridgehead atoms. The van der Waals surface area contributed by atoms with Crippen molar-refractivity contribution in [3.8, 4) is 0 Å².